The van der Waals surface area contributed by atoms with E-state index < -0.39 is 11.9 Å². The second-order valence-corrected chi connectivity index (χ2v) is 3.71. The van der Waals surface area contributed by atoms with Crippen LogP contribution in [-0.2, 0) is 11.2 Å². The van der Waals surface area contributed by atoms with E-state index in [1.807, 2.05) is 42.5 Å². The fraction of sp³-hybridized carbons (Fsp3) is 0.154. The number of hydrogen-bond donors (Lipinski definition) is 2. The molecule has 0 saturated heterocycles. The Bertz CT molecular complexity index is 448. The number of carboxylic acids is 1. The standard InChI is InChI=1S/C13H13NO2/c15-13(16)11(12-7-4-8-14-12)9-10-5-2-1-3-6-10/h1-8,11,14H,9H2,(H,15,16). The Balaban J connectivity index is 2.19. The lowest BCUT2D eigenvalue weighted by Gasteiger charge is -2.10. The van der Waals surface area contributed by atoms with Crippen LogP contribution in [0.4, 0.5) is 0 Å². The average Bonchev–Trinajstić information content (AvgIpc) is 2.80. The highest BCUT2D eigenvalue weighted by Crippen LogP contribution is 2.19. The summed E-state index contributed by atoms with van der Waals surface area (Å²) in [7, 11) is 0. The molecule has 0 aliphatic heterocycles. The maximum atomic E-state index is 11.2. The summed E-state index contributed by atoms with van der Waals surface area (Å²) in [5.41, 5.74) is 1.78. The molecule has 1 heterocycles. The fourth-order valence-electron chi connectivity index (χ4n) is 1.74. The van der Waals surface area contributed by atoms with Crippen LogP contribution < -0.4 is 0 Å². The molecule has 0 bridgehead atoms. The SMILES string of the molecule is O=C(O)C(Cc1ccccc1)c1ccc[nH]1. The van der Waals surface area contributed by atoms with Gasteiger partial charge in [0, 0.05) is 11.9 Å². The molecule has 1 atom stereocenters. The summed E-state index contributed by atoms with van der Waals surface area (Å²) in [6, 6.07) is 13.3. The lowest BCUT2D eigenvalue weighted by Crippen LogP contribution is -2.14. The quantitative estimate of drug-likeness (QED) is 0.823. The zero-order valence-corrected chi connectivity index (χ0v) is 8.76. The second kappa shape index (κ2) is 4.66. The van der Waals surface area contributed by atoms with E-state index in [4.69, 9.17) is 0 Å². The van der Waals surface area contributed by atoms with Crippen molar-refractivity contribution in [2.45, 2.75) is 12.3 Å². The van der Waals surface area contributed by atoms with E-state index in [2.05, 4.69) is 4.98 Å². The lowest BCUT2D eigenvalue weighted by molar-refractivity contribution is -0.138. The van der Waals surface area contributed by atoms with Gasteiger partial charge in [-0.2, -0.15) is 0 Å². The molecule has 1 aromatic heterocycles. The van der Waals surface area contributed by atoms with Crippen LogP contribution in [0.2, 0.25) is 0 Å². The van der Waals surface area contributed by atoms with Crippen LogP contribution in [-0.4, -0.2) is 16.1 Å². The van der Waals surface area contributed by atoms with Crippen molar-refractivity contribution in [3.8, 4) is 0 Å². The molecule has 0 aliphatic rings. The fourth-order valence-corrected chi connectivity index (χ4v) is 1.74. The maximum absolute atomic E-state index is 11.2. The van der Waals surface area contributed by atoms with Crippen LogP contribution >= 0.6 is 0 Å². The van der Waals surface area contributed by atoms with E-state index in [0.717, 1.165) is 11.3 Å². The Hall–Kier alpha value is -2.03. The van der Waals surface area contributed by atoms with Crippen LogP contribution in [0.5, 0.6) is 0 Å². The summed E-state index contributed by atoms with van der Waals surface area (Å²) >= 11 is 0. The molecule has 1 unspecified atom stereocenters. The molecule has 0 radical (unpaired) electrons. The number of aromatic nitrogens is 1. The molecular weight excluding hydrogens is 202 g/mol. The molecule has 0 fully saturated rings. The summed E-state index contributed by atoms with van der Waals surface area (Å²) < 4.78 is 0. The monoisotopic (exact) mass is 215 g/mol. The largest absolute Gasteiger partial charge is 0.481 e. The first-order chi connectivity index (χ1) is 7.77. The van der Waals surface area contributed by atoms with Gasteiger partial charge in [0.05, 0.1) is 0 Å². The van der Waals surface area contributed by atoms with Crippen molar-refractivity contribution in [3.05, 3.63) is 59.9 Å². The maximum Gasteiger partial charge on any atom is 0.312 e. The third kappa shape index (κ3) is 2.31. The summed E-state index contributed by atoms with van der Waals surface area (Å²) in [6.07, 6.45) is 2.26. The predicted molar refractivity (Wildman–Crippen MR) is 61.3 cm³/mol. The van der Waals surface area contributed by atoms with Crippen LogP contribution in [0.1, 0.15) is 17.2 Å². The van der Waals surface area contributed by atoms with E-state index in [1.54, 1.807) is 6.20 Å². The number of carbonyl (C=O) groups is 1. The minimum Gasteiger partial charge on any atom is -0.481 e. The minimum absolute atomic E-state index is 0.502. The normalized spacial score (nSPS) is 12.2. The number of aliphatic carboxylic acids is 1. The molecule has 0 amide bonds. The van der Waals surface area contributed by atoms with Crippen molar-refractivity contribution in [2.75, 3.05) is 0 Å². The predicted octanol–water partition coefficient (Wildman–Crippen LogP) is 2.43. The van der Waals surface area contributed by atoms with Crippen molar-refractivity contribution in [3.63, 3.8) is 0 Å². The molecule has 3 nitrogen and oxygen atoms in total. The van der Waals surface area contributed by atoms with Crippen molar-refractivity contribution in [1.82, 2.24) is 4.98 Å². The number of aromatic amines is 1. The third-order valence-corrected chi connectivity index (χ3v) is 2.58. The smallest absolute Gasteiger partial charge is 0.312 e. The molecule has 0 aliphatic carbocycles. The number of benzene rings is 1. The van der Waals surface area contributed by atoms with E-state index in [1.165, 1.54) is 0 Å². The van der Waals surface area contributed by atoms with Gasteiger partial charge < -0.3 is 10.1 Å². The first-order valence-electron chi connectivity index (χ1n) is 5.17. The van der Waals surface area contributed by atoms with Gasteiger partial charge in [0.25, 0.3) is 0 Å². The van der Waals surface area contributed by atoms with E-state index in [9.17, 15) is 9.90 Å². The Morgan fingerprint density at radius 2 is 1.94 bits per heavy atom. The van der Waals surface area contributed by atoms with Gasteiger partial charge in [0.2, 0.25) is 0 Å². The Morgan fingerprint density at radius 1 is 1.19 bits per heavy atom. The summed E-state index contributed by atoms with van der Waals surface area (Å²) in [6.45, 7) is 0. The second-order valence-electron chi connectivity index (χ2n) is 3.71. The third-order valence-electron chi connectivity index (χ3n) is 2.58. The minimum atomic E-state index is -0.800. The molecule has 16 heavy (non-hydrogen) atoms. The van der Waals surface area contributed by atoms with Gasteiger partial charge in [0.1, 0.15) is 5.92 Å². The Morgan fingerprint density at radius 3 is 2.50 bits per heavy atom. The summed E-state index contributed by atoms with van der Waals surface area (Å²) in [5, 5.41) is 9.19. The van der Waals surface area contributed by atoms with Crippen LogP contribution in [0.15, 0.2) is 48.7 Å². The van der Waals surface area contributed by atoms with E-state index in [-0.39, 0.29) is 0 Å². The van der Waals surface area contributed by atoms with Gasteiger partial charge in [-0.25, -0.2) is 0 Å². The molecule has 2 aromatic rings. The number of carboxylic acid groups (broad SMARTS) is 1. The number of H-pyrrole nitrogens is 1. The first-order valence-corrected chi connectivity index (χ1v) is 5.17. The van der Waals surface area contributed by atoms with Gasteiger partial charge in [0.15, 0.2) is 0 Å². The summed E-state index contributed by atoms with van der Waals surface area (Å²) in [5.74, 6) is -1.30. The van der Waals surface area contributed by atoms with Gasteiger partial charge >= 0.3 is 5.97 Å². The van der Waals surface area contributed by atoms with Crippen molar-refractivity contribution in [2.24, 2.45) is 0 Å². The Labute approximate surface area is 93.7 Å². The van der Waals surface area contributed by atoms with Crippen LogP contribution in [0.3, 0.4) is 0 Å². The van der Waals surface area contributed by atoms with E-state index in [0.29, 0.717) is 6.42 Å². The molecule has 2 rings (SSSR count). The van der Waals surface area contributed by atoms with Crippen LogP contribution in [0.25, 0.3) is 0 Å². The molecule has 0 saturated carbocycles. The summed E-state index contributed by atoms with van der Waals surface area (Å²) in [4.78, 5) is 14.1. The van der Waals surface area contributed by atoms with Crippen molar-refractivity contribution >= 4 is 5.97 Å². The average molecular weight is 215 g/mol. The zero-order valence-electron chi connectivity index (χ0n) is 8.76. The molecule has 0 spiro atoms. The van der Waals surface area contributed by atoms with Crippen molar-refractivity contribution in [1.29, 1.82) is 0 Å². The molecule has 2 N–H and O–H groups in total. The van der Waals surface area contributed by atoms with Crippen LogP contribution in [0, 0.1) is 0 Å². The van der Waals surface area contributed by atoms with Gasteiger partial charge in [-0.05, 0) is 24.1 Å². The topological polar surface area (TPSA) is 53.1 Å². The van der Waals surface area contributed by atoms with E-state index >= 15 is 0 Å². The van der Waals surface area contributed by atoms with Gasteiger partial charge in [-0.3, -0.25) is 4.79 Å². The molecule has 3 heteroatoms. The van der Waals surface area contributed by atoms with Gasteiger partial charge in [-0.1, -0.05) is 30.3 Å². The number of hydrogen-bond acceptors (Lipinski definition) is 1. The molecule has 1 aromatic carbocycles. The first kappa shape index (κ1) is 10.5. The van der Waals surface area contributed by atoms with Crippen molar-refractivity contribution < 1.29 is 9.90 Å². The Kier molecular flexibility index (Phi) is 3.05. The highest BCUT2D eigenvalue weighted by molar-refractivity contribution is 5.75. The zero-order chi connectivity index (χ0) is 11.4. The molecule has 82 valence electrons. The lowest BCUT2D eigenvalue weighted by atomic mass is 9.96. The number of nitrogens with one attached hydrogen (secondary N) is 1. The highest BCUT2D eigenvalue weighted by atomic mass is 16.4. The number of rotatable bonds is 4. The highest BCUT2D eigenvalue weighted by Gasteiger charge is 2.20. The molecular formula is C13H13NO2. The van der Waals surface area contributed by atoms with Gasteiger partial charge in [-0.15, -0.1) is 0 Å².